The van der Waals surface area contributed by atoms with Crippen molar-refractivity contribution in [3.8, 4) is 11.5 Å². The van der Waals surface area contributed by atoms with E-state index in [9.17, 15) is 24.1 Å². The summed E-state index contributed by atoms with van der Waals surface area (Å²) >= 11 is 0. The molecule has 0 saturated heterocycles. The molecule has 1 aromatic carbocycles. The smallest absolute Gasteiger partial charge is 0.343 e. The van der Waals surface area contributed by atoms with Gasteiger partial charge in [0, 0.05) is 36.2 Å². The van der Waals surface area contributed by atoms with Crippen LogP contribution < -0.4 is 25.2 Å². The Balaban J connectivity index is 1.87. The summed E-state index contributed by atoms with van der Waals surface area (Å²) in [6, 6.07) is 2.63. The van der Waals surface area contributed by atoms with E-state index in [1.54, 1.807) is 32.1 Å². The normalized spacial score (nSPS) is 22.4. The number of carboxylic acids is 1. The Morgan fingerprint density at radius 2 is 1.50 bits per heavy atom. The van der Waals surface area contributed by atoms with Crippen LogP contribution in [0.5, 0.6) is 11.5 Å². The first-order valence-corrected chi connectivity index (χ1v) is 23.3. The van der Waals surface area contributed by atoms with Crippen LogP contribution >= 0.6 is 14.8 Å². The van der Waals surface area contributed by atoms with Gasteiger partial charge in [-0.05, 0) is 106 Å². The monoisotopic (exact) mass is 823 g/mol. The molecule has 5 N–H and O–H groups in total. The lowest BCUT2D eigenvalue weighted by Gasteiger charge is -2.36. The molecule has 4 rings (SSSR count). The van der Waals surface area contributed by atoms with Crippen molar-refractivity contribution < 1.29 is 52.1 Å². The first-order valence-electron chi connectivity index (χ1n) is 19.6. The van der Waals surface area contributed by atoms with E-state index < -0.39 is 50.9 Å². The Kier molecular flexibility index (Phi) is 15.1. The van der Waals surface area contributed by atoms with Crippen LogP contribution in [-0.4, -0.2) is 74.2 Å². The quantitative estimate of drug-likeness (QED) is 0.0509. The minimum Gasteiger partial charge on any atom is -0.479 e. The lowest BCUT2D eigenvalue weighted by molar-refractivity contribution is -0.145. The Bertz CT molecular complexity index is 1800. The van der Waals surface area contributed by atoms with Crippen molar-refractivity contribution in [1.29, 1.82) is 0 Å². The van der Waals surface area contributed by atoms with E-state index in [1.807, 2.05) is 34.6 Å². The van der Waals surface area contributed by atoms with Crippen molar-refractivity contribution in [2.45, 2.75) is 118 Å². The summed E-state index contributed by atoms with van der Waals surface area (Å²) in [7, 11) is -5.05. The second-order valence-electron chi connectivity index (χ2n) is 16.3. The number of benzene rings is 1. The number of hydrogen-bond acceptors (Lipinski definition) is 11. The molecule has 0 bridgehead atoms. The van der Waals surface area contributed by atoms with Crippen LogP contribution in [0, 0.1) is 23.7 Å². The molecule has 3 aliphatic carbocycles. The lowest BCUT2D eigenvalue weighted by atomic mass is 9.82. The molecule has 314 valence electrons. The van der Waals surface area contributed by atoms with Crippen LogP contribution in [0.3, 0.4) is 0 Å². The third-order valence-corrected chi connectivity index (χ3v) is 15.2. The zero-order valence-electron chi connectivity index (χ0n) is 34.8. The molecular weight excluding hydrogens is 760 g/mol. The van der Waals surface area contributed by atoms with Gasteiger partial charge in [-0.15, -0.1) is 0 Å². The van der Waals surface area contributed by atoms with Gasteiger partial charge in [-0.2, -0.15) is 0 Å². The number of Topliss-reactive ketones (excluding diaryl/α,β-unsaturated/α-hetero) is 1. The number of nitrogens with one attached hydrogen (secondary N) is 2. The Hall–Kier alpha value is -2.83. The zero-order chi connectivity index (χ0) is 41.9. The van der Waals surface area contributed by atoms with E-state index in [4.69, 9.17) is 29.2 Å². The molecule has 0 heterocycles. The standard InChI is InChI=1S/C40H63N3O11P2/c1-12-52-38(45)26(8)42-55(48,20-50-10)37-31(23(4)5)19-33(35(44)34(37)25(7)28-15-16-28)53-29-17-30(22(2)3)36(32(18-29)24(6)27-13-14-27)54-56(49,21-51-11)43-40(9,41)39(46)47/h17-19,22-28,33H,12-16,20-21,41H2,1-11H3,(H,42,48)(H,43,49)(H,46,47). The van der Waals surface area contributed by atoms with Crippen molar-refractivity contribution in [2.75, 3.05) is 33.5 Å². The van der Waals surface area contributed by atoms with Crippen LogP contribution in [0.15, 0.2) is 34.7 Å². The maximum absolute atomic E-state index is 15.2. The molecule has 2 fully saturated rings. The second kappa shape index (κ2) is 18.4. The minimum absolute atomic E-state index is 0.0704. The SMILES string of the molecule is CCOC(=O)C(C)NP(=O)(COC)C1=C(C(C)C2CC2)C(=O)C(Oc2cc(C(C)C)c(OP(=O)(COC)NC(C)(N)C(=O)O)c(C(C)C3CC3)c2)C=C1C(C)C. The molecule has 2 saturated carbocycles. The topological polar surface area (TPSA) is 202 Å². The minimum atomic E-state index is -4.07. The van der Waals surface area contributed by atoms with E-state index in [0.717, 1.165) is 25.7 Å². The number of nitrogens with two attached hydrogens (primary N) is 1. The highest BCUT2D eigenvalue weighted by Crippen LogP contribution is 2.60. The van der Waals surface area contributed by atoms with E-state index in [2.05, 4.69) is 17.1 Å². The number of carbonyl (C=O) groups excluding carboxylic acids is 2. The van der Waals surface area contributed by atoms with Gasteiger partial charge in [0.2, 0.25) is 13.1 Å². The second-order valence-corrected chi connectivity index (χ2v) is 20.8. The average molecular weight is 824 g/mol. The fraction of sp³-hybridized carbons (Fsp3) is 0.675. The molecule has 56 heavy (non-hydrogen) atoms. The summed E-state index contributed by atoms with van der Waals surface area (Å²) in [5, 5.41) is 15.7. The molecule has 1 aromatic rings. The van der Waals surface area contributed by atoms with Gasteiger partial charge in [0.05, 0.1) is 6.61 Å². The highest BCUT2D eigenvalue weighted by molar-refractivity contribution is 7.66. The highest BCUT2D eigenvalue weighted by atomic mass is 31.2. The van der Waals surface area contributed by atoms with Gasteiger partial charge < -0.3 is 34.3 Å². The summed E-state index contributed by atoms with van der Waals surface area (Å²) in [5.41, 5.74) is 6.32. The Morgan fingerprint density at radius 1 is 0.929 bits per heavy atom. The predicted octanol–water partition coefficient (Wildman–Crippen LogP) is 7.48. The van der Waals surface area contributed by atoms with Crippen molar-refractivity contribution in [1.82, 2.24) is 10.2 Å². The number of ether oxygens (including phenoxy) is 4. The van der Waals surface area contributed by atoms with Crippen LogP contribution in [0.2, 0.25) is 0 Å². The summed E-state index contributed by atoms with van der Waals surface area (Å²) in [6.45, 7) is 16.5. The molecule has 3 aliphatic rings. The molecule has 0 amide bonds. The summed E-state index contributed by atoms with van der Waals surface area (Å²) in [6.07, 6.45) is 3.80. The number of carboxylic acid groups (broad SMARTS) is 1. The number of hydrogen-bond donors (Lipinski definition) is 4. The third kappa shape index (κ3) is 10.6. The van der Waals surface area contributed by atoms with E-state index in [0.29, 0.717) is 45.0 Å². The average Bonchev–Trinajstić information content (AvgIpc) is 4.02. The van der Waals surface area contributed by atoms with Crippen molar-refractivity contribution in [3.63, 3.8) is 0 Å². The zero-order valence-corrected chi connectivity index (χ0v) is 36.6. The van der Waals surface area contributed by atoms with E-state index in [1.165, 1.54) is 21.1 Å². The fourth-order valence-electron chi connectivity index (χ4n) is 7.34. The van der Waals surface area contributed by atoms with Gasteiger partial charge in [-0.25, -0.2) is 15.0 Å². The number of carbonyl (C=O) groups is 3. The first-order chi connectivity index (χ1) is 26.1. The predicted molar refractivity (Wildman–Crippen MR) is 215 cm³/mol. The molecule has 7 atom stereocenters. The number of rotatable bonds is 22. The number of methoxy groups -OCH3 is 2. The number of allylic oxidation sites excluding steroid dienone is 2. The molecule has 0 aliphatic heterocycles. The van der Waals surface area contributed by atoms with Crippen LogP contribution in [0.25, 0.3) is 0 Å². The van der Waals surface area contributed by atoms with Gasteiger partial charge in [0.15, 0.2) is 11.8 Å². The summed E-state index contributed by atoms with van der Waals surface area (Å²) in [4.78, 5) is 39.6. The van der Waals surface area contributed by atoms with Gasteiger partial charge in [-0.1, -0.05) is 41.5 Å². The molecule has 7 unspecified atom stereocenters. The van der Waals surface area contributed by atoms with Gasteiger partial charge in [-0.3, -0.25) is 18.7 Å². The van der Waals surface area contributed by atoms with Crippen LogP contribution in [0.1, 0.15) is 111 Å². The molecule has 0 radical (unpaired) electrons. The largest absolute Gasteiger partial charge is 0.479 e. The Labute approximate surface area is 332 Å². The highest BCUT2D eigenvalue weighted by Gasteiger charge is 2.47. The number of ketones is 1. The van der Waals surface area contributed by atoms with Crippen LogP contribution in [-0.2, 0) is 37.7 Å². The molecule has 0 spiro atoms. The van der Waals surface area contributed by atoms with Crippen molar-refractivity contribution in [3.05, 3.63) is 45.8 Å². The van der Waals surface area contributed by atoms with Crippen molar-refractivity contribution >= 4 is 32.5 Å². The van der Waals surface area contributed by atoms with Gasteiger partial charge >= 0.3 is 19.5 Å². The molecule has 14 nitrogen and oxygen atoms in total. The Morgan fingerprint density at radius 3 is 2.00 bits per heavy atom. The third-order valence-electron chi connectivity index (χ3n) is 10.7. The first kappa shape index (κ1) is 45.9. The molecule has 16 heteroatoms. The van der Waals surface area contributed by atoms with E-state index in [-0.39, 0.29) is 48.3 Å². The lowest BCUT2D eigenvalue weighted by Crippen LogP contribution is -2.56. The van der Waals surface area contributed by atoms with Gasteiger partial charge in [0.25, 0.3) is 0 Å². The van der Waals surface area contributed by atoms with Crippen molar-refractivity contribution in [2.24, 2.45) is 29.4 Å². The van der Waals surface area contributed by atoms with Crippen LogP contribution in [0.4, 0.5) is 0 Å². The number of esters is 1. The molecular formula is C40H63N3O11P2. The number of aliphatic carboxylic acids is 1. The molecule has 0 aromatic heterocycles. The fourth-order valence-corrected chi connectivity index (χ4v) is 12.0. The van der Waals surface area contributed by atoms with Gasteiger partial charge in [0.1, 0.15) is 30.2 Å². The summed E-state index contributed by atoms with van der Waals surface area (Å²) < 4.78 is 58.5. The maximum Gasteiger partial charge on any atom is 0.343 e. The summed E-state index contributed by atoms with van der Waals surface area (Å²) in [5.74, 6) is -1.74. The maximum atomic E-state index is 15.2. The van der Waals surface area contributed by atoms with E-state index >= 15 is 4.57 Å².